The molecule has 1 amide bonds. The summed E-state index contributed by atoms with van der Waals surface area (Å²) in [6.45, 7) is 3.07. The minimum atomic E-state index is -0.0106. The molecule has 1 fully saturated rings. The van der Waals surface area contributed by atoms with Crippen molar-refractivity contribution in [2.24, 2.45) is 5.92 Å². The van der Waals surface area contributed by atoms with E-state index in [0.29, 0.717) is 37.1 Å². The molecule has 8 nitrogen and oxygen atoms in total. The highest BCUT2D eigenvalue weighted by atomic mass is 35.5. The van der Waals surface area contributed by atoms with E-state index < -0.39 is 0 Å². The largest absolute Gasteiger partial charge is 0.497 e. The Morgan fingerprint density at radius 2 is 2.13 bits per heavy atom. The molecule has 0 unspecified atom stereocenters. The topological polar surface area (TPSA) is 92.8 Å². The van der Waals surface area contributed by atoms with E-state index in [4.69, 9.17) is 21.1 Å². The molecule has 3 heterocycles. The third-order valence-corrected chi connectivity index (χ3v) is 5.81. The molecule has 1 aliphatic rings. The van der Waals surface area contributed by atoms with Gasteiger partial charge in [0.1, 0.15) is 22.9 Å². The fraction of sp³-hybridized carbons (Fsp3) is 0.364. The van der Waals surface area contributed by atoms with Gasteiger partial charge in [0.15, 0.2) is 5.15 Å². The second kappa shape index (κ2) is 8.82. The van der Waals surface area contributed by atoms with Crippen LogP contribution in [0.2, 0.25) is 5.15 Å². The van der Waals surface area contributed by atoms with Crippen LogP contribution in [-0.2, 0) is 4.79 Å². The van der Waals surface area contributed by atoms with E-state index in [0.717, 1.165) is 11.3 Å². The lowest BCUT2D eigenvalue weighted by Gasteiger charge is -2.25. The molecule has 31 heavy (non-hydrogen) atoms. The van der Waals surface area contributed by atoms with Crippen molar-refractivity contribution in [2.75, 3.05) is 20.3 Å². The van der Waals surface area contributed by atoms with E-state index in [1.807, 2.05) is 36.1 Å². The van der Waals surface area contributed by atoms with Gasteiger partial charge in [-0.15, -0.1) is 0 Å². The molecule has 1 aromatic carbocycles. The Morgan fingerprint density at radius 3 is 2.84 bits per heavy atom. The molecule has 2 aromatic heterocycles. The van der Waals surface area contributed by atoms with Crippen LogP contribution in [-0.4, -0.2) is 45.7 Å². The monoisotopic (exact) mass is 439 g/mol. The summed E-state index contributed by atoms with van der Waals surface area (Å²) in [6.07, 6.45) is 4.15. The number of ether oxygens (including phenoxy) is 2. The molecule has 0 saturated carbocycles. The Hall–Kier alpha value is -3.31. The number of nitriles is 1. The van der Waals surface area contributed by atoms with Crippen LogP contribution in [0.4, 0.5) is 0 Å². The highest BCUT2D eigenvalue weighted by Crippen LogP contribution is 2.31. The standard InChI is InChI=1S/C22H22ClN5O3/c1-14(16-3-5-18(30-2)6-4-16)27-12-15(9-20(27)29)7-8-31-22-21-17(10-24)11-25-28(21)13-19(23)26-22/h3-6,11,13-15H,7-9,12H2,1-2H3/t14-,15-/m1/s1. The zero-order valence-corrected chi connectivity index (χ0v) is 18.0. The first-order valence-corrected chi connectivity index (χ1v) is 10.4. The molecule has 0 spiro atoms. The Labute approximate surface area is 185 Å². The molecule has 3 aromatic rings. The fourth-order valence-corrected chi connectivity index (χ4v) is 4.07. The lowest BCUT2D eigenvalue weighted by molar-refractivity contribution is -0.129. The zero-order chi connectivity index (χ0) is 22.0. The van der Waals surface area contributed by atoms with E-state index in [2.05, 4.69) is 16.2 Å². The molecular weight excluding hydrogens is 418 g/mol. The maximum atomic E-state index is 12.6. The van der Waals surface area contributed by atoms with Gasteiger partial charge >= 0.3 is 0 Å². The molecule has 0 aliphatic carbocycles. The molecule has 2 atom stereocenters. The van der Waals surface area contributed by atoms with Gasteiger partial charge in [0.2, 0.25) is 11.8 Å². The summed E-state index contributed by atoms with van der Waals surface area (Å²) in [5, 5.41) is 13.6. The molecular formula is C22H22ClN5O3. The van der Waals surface area contributed by atoms with Crippen molar-refractivity contribution in [1.82, 2.24) is 19.5 Å². The number of likely N-dealkylation sites (tertiary alicyclic amines) is 1. The summed E-state index contributed by atoms with van der Waals surface area (Å²) in [5.74, 6) is 1.39. The summed E-state index contributed by atoms with van der Waals surface area (Å²) in [5.41, 5.74) is 1.93. The highest BCUT2D eigenvalue weighted by molar-refractivity contribution is 6.29. The summed E-state index contributed by atoms with van der Waals surface area (Å²) in [6, 6.07) is 9.86. The van der Waals surface area contributed by atoms with Crippen LogP contribution in [0.1, 0.15) is 36.9 Å². The Balaban J connectivity index is 1.38. The van der Waals surface area contributed by atoms with E-state index in [1.165, 1.54) is 16.9 Å². The number of halogens is 1. The summed E-state index contributed by atoms with van der Waals surface area (Å²) < 4.78 is 12.5. The number of rotatable bonds is 7. The van der Waals surface area contributed by atoms with Crippen LogP contribution in [0.15, 0.2) is 36.7 Å². The quantitative estimate of drug-likeness (QED) is 0.558. The van der Waals surface area contributed by atoms with Crippen LogP contribution < -0.4 is 9.47 Å². The van der Waals surface area contributed by atoms with Gasteiger partial charge in [-0.05, 0) is 37.0 Å². The van der Waals surface area contributed by atoms with E-state index in [1.54, 1.807) is 7.11 Å². The van der Waals surface area contributed by atoms with Crippen LogP contribution in [0.3, 0.4) is 0 Å². The van der Waals surface area contributed by atoms with Crippen molar-refractivity contribution in [3.63, 3.8) is 0 Å². The summed E-state index contributed by atoms with van der Waals surface area (Å²) in [7, 11) is 1.63. The van der Waals surface area contributed by atoms with Crippen LogP contribution in [0, 0.1) is 17.2 Å². The first-order valence-electron chi connectivity index (χ1n) is 10.0. The normalized spacial score (nSPS) is 17.0. The highest BCUT2D eigenvalue weighted by Gasteiger charge is 2.33. The third-order valence-electron chi connectivity index (χ3n) is 5.62. The molecule has 1 aliphatic heterocycles. The number of methoxy groups -OCH3 is 1. The second-order valence-electron chi connectivity index (χ2n) is 7.53. The number of amides is 1. The Bertz CT molecular complexity index is 1140. The Kier molecular flexibility index (Phi) is 5.96. The van der Waals surface area contributed by atoms with Crippen LogP contribution in [0.5, 0.6) is 11.6 Å². The maximum Gasteiger partial charge on any atom is 0.242 e. The van der Waals surface area contributed by atoms with E-state index in [-0.39, 0.29) is 28.9 Å². The lowest BCUT2D eigenvalue weighted by atomic mass is 10.1. The van der Waals surface area contributed by atoms with Gasteiger partial charge in [-0.2, -0.15) is 15.3 Å². The predicted molar refractivity (Wildman–Crippen MR) is 114 cm³/mol. The maximum absolute atomic E-state index is 12.6. The van der Waals surface area contributed by atoms with Crippen molar-refractivity contribution < 1.29 is 14.3 Å². The van der Waals surface area contributed by atoms with Gasteiger partial charge in [0.25, 0.3) is 0 Å². The summed E-state index contributed by atoms with van der Waals surface area (Å²) in [4.78, 5) is 18.7. The lowest BCUT2D eigenvalue weighted by Crippen LogP contribution is -2.28. The van der Waals surface area contributed by atoms with Crippen molar-refractivity contribution in [3.8, 4) is 17.7 Å². The number of carbonyl (C=O) groups excluding carboxylic acids is 1. The molecule has 0 N–H and O–H groups in total. The second-order valence-corrected chi connectivity index (χ2v) is 7.92. The molecule has 4 rings (SSSR count). The van der Waals surface area contributed by atoms with Gasteiger partial charge < -0.3 is 14.4 Å². The third kappa shape index (κ3) is 4.28. The molecule has 0 bridgehead atoms. The van der Waals surface area contributed by atoms with Gasteiger partial charge in [-0.1, -0.05) is 23.7 Å². The van der Waals surface area contributed by atoms with Crippen molar-refractivity contribution in [1.29, 1.82) is 5.26 Å². The number of carbonyl (C=O) groups is 1. The van der Waals surface area contributed by atoms with Crippen molar-refractivity contribution in [2.45, 2.75) is 25.8 Å². The number of nitrogens with zero attached hydrogens (tertiary/aromatic N) is 5. The summed E-state index contributed by atoms with van der Waals surface area (Å²) >= 11 is 6.04. The number of hydrogen-bond donors (Lipinski definition) is 0. The fourth-order valence-electron chi connectivity index (χ4n) is 3.90. The zero-order valence-electron chi connectivity index (χ0n) is 17.3. The van der Waals surface area contributed by atoms with Crippen LogP contribution >= 0.6 is 11.6 Å². The van der Waals surface area contributed by atoms with Gasteiger partial charge in [0, 0.05) is 13.0 Å². The van der Waals surface area contributed by atoms with Crippen molar-refractivity contribution in [3.05, 3.63) is 52.9 Å². The molecule has 1 saturated heterocycles. The van der Waals surface area contributed by atoms with Crippen LogP contribution in [0.25, 0.3) is 5.52 Å². The van der Waals surface area contributed by atoms with Gasteiger partial charge in [0.05, 0.1) is 32.2 Å². The molecule has 9 heteroatoms. The first kappa shape index (κ1) is 20.9. The minimum Gasteiger partial charge on any atom is -0.497 e. The van der Waals surface area contributed by atoms with Gasteiger partial charge in [-0.3, -0.25) is 4.79 Å². The van der Waals surface area contributed by atoms with Gasteiger partial charge in [-0.25, -0.2) is 4.52 Å². The SMILES string of the molecule is COc1ccc([C@@H](C)N2C[C@H](CCOc3nc(Cl)cn4ncc(C#N)c34)CC2=O)cc1. The van der Waals surface area contributed by atoms with E-state index in [9.17, 15) is 10.1 Å². The average molecular weight is 440 g/mol. The number of aromatic nitrogens is 3. The predicted octanol–water partition coefficient (Wildman–Crippen LogP) is 3.64. The number of hydrogen-bond acceptors (Lipinski definition) is 6. The number of fused-ring (bicyclic) bond motifs is 1. The minimum absolute atomic E-state index is 0.0106. The first-order chi connectivity index (χ1) is 15.0. The van der Waals surface area contributed by atoms with Crippen molar-refractivity contribution >= 4 is 23.0 Å². The molecule has 160 valence electrons. The Morgan fingerprint density at radius 1 is 1.35 bits per heavy atom. The molecule has 0 radical (unpaired) electrons. The van der Waals surface area contributed by atoms with E-state index >= 15 is 0 Å². The smallest absolute Gasteiger partial charge is 0.242 e. The average Bonchev–Trinajstić information content (AvgIpc) is 3.36. The number of benzene rings is 1.